The van der Waals surface area contributed by atoms with Crippen LogP contribution in [0.15, 0.2) is 0 Å². The maximum absolute atomic E-state index is 11.6. The number of nitrogens with one attached hydrogen (secondary N) is 1. The minimum absolute atomic E-state index is 0.0801. The van der Waals surface area contributed by atoms with Gasteiger partial charge in [-0.3, -0.25) is 4.79 Å². The molecule has 0 aromatic carbocycles. The molecular weight excluding hydrogens is 346 g/mol. The van der Waals surface area contributed by atoms with Crippen molar-refractivity contribution < 1.29 is 19.1 Å². The van der Waals surface area contributed by atoms with Crippen molar-refractivity contribution in [3.05, 3.63) is 0 Å². The van der Waals surface area contributed by atoms with Crippen LogP contribution in [0.2, 0.25) is 0 Å². The number of hydrogen-bond acceptors (Lipinski definition) is 6. The van der Waals surface area contributed by atoms with Crippen molar-refractivity contribution in [2.24, 2.45) is 0 Å². The van der Waals surface area contributed by atoms with E-state index in [0.29, 0.717) is 19.6 Å². The first-order chi connectivity index (χ1) is 12.8. The van der Waals surface area contributed by atoms with Gasteiger partial charge in [-0.2, -0.15) is 0 Å². The number of alkyl carbamates (subject to hydrolysis) is 1. The first-order valence-electron chi connectivity index (χ1n) is 10.4. The summed E-state index contributed by atoms with van der Waals surface area (Å²) in [4.78, 5) is 27.8. The number of ether oxygens (including phenoxy) is 2. The molecule has 1 aliphatic rings. The van der Waals surface area contributed by atoms with Crippen molar-refractivity contribution in [2.75, 3.05) is 52.4 Å². The zero-order valence-corrected chi connectivity index (χ0v) is 17.7. The summed E-state index contributed by atoms with van der Waals surface area (Å²) in [6, 6.07) is 0. The first-order valence-corrected chi connectivity index (χ1v) is 10.4. The summed E-state index contributed by atoms with van der Waals surface area (Å²) in [7, 11) is 0. The Hall–Kier alpha value is -1.34. The van der Waals surface area contributed by atoms with E-state index in [0.717, 1.165) is 65.0 Å². The molecule has 1 fully saturated rings. The van der Waals surface area contributed by atoms with Gasteiger partial charge in [0.15, 0.2) is 0 Å². The summed E-state index contributed by atoms with van der Waals surface area (Å²) >= 11 is 0. The number of hydrogen-bond donors (Lipinski definition) is 1. The highest BCUT2D eigenvalue weighted by molar-refractivity contribution is 5.69. The van der Waals surface area contributed by atoms with E-state index in [-0.39, 0.29) is 12.1 Å². The zero-order chi connectivity index (χ0) is 20.1. The standard InChI is InChI=1S/C20H39N3O4/c1-5-26-18(24)10-6-8-12-22-14-16-23(17-15-22)13-9-7-11-21-19(25)27-20(2,3)4/h5-17H2,1-4H3,(H,21,25). The average Bonchev–Trinajstić information content (AvgIpc) is 2.58. The summed E-state index contributed by atoms with van der Waals surface area (Å²) in [6.45, 7) is 15.1. The highest BCUT2D eigenvalue weighted by Gasteiger charge is 2.17. The summed E-state index contributed by atoms with van der Waals surface area (Å²) in [5.41, 5.74) is -0.442. The number of carbonyl (C=O) groups is 2. The Kier molecular flexibility index (Phi) is 11.4. The molecule has 1 aliphatic heterocycles. The lowest BCUT2D eigenvalue weighted by atomic mass is 10.2. The molecule has 7 nitrogen and oxygen atoms in total. The largest absolute Gasteiger partial charge is 0.466 e. The van der Waals surface area contributed by atoms with E-state index in [9.17, 15) is 9.59 Å². The number of amides is 1. The van der Waals surface area contributed by atoms with Gasteiger partial charge in [0.05, 0.1) is 6.61 Å². The molecule has 0 aliphatic carbocycles. The smallest absolute Gasteiger partial charge is 0.407 e. The Balaban J connectivity index is 1.98. The summed E-state index contributed by atoms with van der Waals surface area (Å²) in [6.07, 6.45) is 4.20. The number of unbranched alkanes of at least 4 members (excludes halogenated alkanes) is 2. The predicted molar refractivity (Wildman–Crippen MR) is 107 cm³/mol. The highest BCUT2D eigenvalue weighted by atomic mass is 16.6. The fourth-order valence-electron chi connectivity index (χ4n) is 3.04. The molecule has 7 heteroatoms. The van der Waals surface area contributed by atoms with Crippen molar-refractivity contribution >= 4 is 12.1 Å². The minimum atomic E-state index is -0.442. The van der Waals surface area contributed by atoms with E-state index in [1.807, 2.05) is 27.7 Å². The van der Waals surface area contributed by atoms with Crippen LogP contribution in [-0.2, 0) is 14.3 Å². The van der Waals surface area contributed by atoms with Crippen LogP contribution in [0.5, 0.6) is 0 Å². The van der Waals surface area contributed by atoms with Gasteiger partial charge in [-0.15, -0.1) is 0 Å². The van der Waals surface area contributed by atoms with Gasteiger partial charge >= 0.3 is 12.1 Å². The number of rotatable bonds is 11. The number of carbonyl (C=O) groups excluding carboxylic acids is 2. The second kappa shape index (κ2) is 12.9. The maximum atomic E-state index is 11.6. The molecule has 158 valence electrons. The fraction of sp³-hybridized carbons (Fsp3) is 0.900. The summed E-state index contributed by atoms with van der Waals surface area (Å²) in [5.74, 6) is -0.0801. The van der Waals surface area contributed by atoms with Crippen LogP contribution in [0.4, 0.5) is 4.79 Å². The number of piperazine rings is 1. The summed E-state index contributed by atoms with van der Waals surface area (Å²) < 4.78 is 10.2. The lowest BCUT2D eigenvalue weighted by Crippen LogP contribution is -2.46. The monoisotopic (exact) mass is 385 g/mol. The SMILES string of the molecule is CCOC(=O)CCCCN1CCN(CCCCNC(=O)OC(C)(C)C)CC1. The van der Waals surface area contributed by atoms with Crippen LogP contribution in [-0.4, -0.2) is 79.9 Å². The third-order valence-corrected chi connectivity index (χ3v) is 4.44. The molecule has 1 heterocycles. The van der Waals surface area contributed by atoms with E-state index in [1.54, 1.807) is 0 Å². The van der Waals surface area contributed by atoms with Gasteiger partial charge in [0, 0.05) is 39.1 Å². The van der Waals surface area contributed by atoms with Crippen LogP contribution in [0.3, 0.4) is 0 Å². The third-order valence-electron chi connectivity index (χ3n) is 4.44. The van der Waals surface area contributed by atoms with Gasteiger partial charge < -0.3 is 24.6 Å². The van der Waals surface area contributed by atoms with E-state index in [2.05, 4.69) is 15.1 Å². The zero-order valence-electron chi connectivity index (χ0n) is 17.7. The Morgan fingerprint density at radius 2 is 1.48 bits per heavy atom. The molecule has 0 unspecified atom stereocenters. The van der Waals surface area contributed by atoms with Crippen LogP contribution in [0.25, 0.3) is 0 Å². The number of nitrogens with zero attached hydrogens (tertiary/aromatic N) is 2. The van der Waals surface area contributed by atoms with Gasteiger partial charge in [-0.25, -0.2) is 4.79 Å². The molecule has 1 amide bonds. The minimum Gasteiger partial charge on any atom is -0.466 e. The molecule has 0 saturated carbocycles. The lowest BCUT2D eigenvalue weighted by molar-refractivity contribution is -0.143. The first kappa shape index (κ1) is 23.7. The highest BCUT2D eigenvalue weighted by Crippen LogP contribution is 2.08. The molecule has 27 heavy (non-hydrogen) atoms. The van der Waals surface area contributed by atoms with E-state index in [1.165, 1.54) is 0 Å². The third kappa shape index (κ3) is 12.6. The number of esters is 1. The molecule has 1 rings (SSSR count). The normalized spacial score (nSPS) is 16.1. The van der Waals surface area contributed by atoms with Gasteiger partial charge in [-0.05, 0) is 66.5 Å². The van der Waals surface area contributed by atoms with Crippen molar-refractivity contribution in [1.29, 1.82) is 0 Å². The van der Waals surface area contributed by atoms with Crippen molar-refractivity contribution in [3.8, 4) is 0 Å². The van der Waals surface area contributed by atoms with E-state index in [4.69, 9.17) is 9.47 Å². The van der Waals surface area contributed by atoms with E-state index >= 15 is 0 Å². The van der Waals surface area contributed by atoms with Crippen LogP contribution in [0.1, 0.15) is 59.8 Å². The molecule has 0 bridgehead atoms. The van der Waals surface area contributed by atoms with Gasteiger partial charge in [-0.1, -0.05) is 0 Å². The van der Waals surface area contributed by atoms with Crippen LogP contribution >= 0.6 is 0 Å². The molecular formula is C20H39N3O4. The van der Waals surface area contributed by atoms with Crippen molar-refractivity contribution in [1.82, 2.24) is 15.1 Å². The Morgan fingerprint density at radius 3 is 2.00 bits per heavy atom. The second-order valence-electron chi connectivity index (χ2n) is 8.08. The Labute approximate surface area is 164 Å². The van der Waals surface area contributed by atoms with E-state index < -0.39 is 5.60 Å². The lowest BCUT2D eigenvalue weighted by Gasteiger charge is -2.34. The molecule has 0 radical (unpaired) electrons. The van der Waals surface area contributed by atoms with Crippen LogP contribution in [0, 0.1) is 0 Å². The topological polar surface area (TPSA) is 71.1 Å². The quantitative estimate of drug-likeness (QED) is 0.435. The van der Waals surface area contributed by atoms with Crippen LogP contribution < -0.4 is 5.32 Å². The Morgan fingerprint density at radius 1 is 0.926 bits per heavy atom. The van der Waals surface area contributed by atoms with Crippen molar-refractivity contribution in [2.45, 2.75) is 65.4 Å². The Bertz CT molecular complexity index is 429. The maximum Gasteiger partial charge on any atom is 0.407 e. The van der Waals surface area contributed by atoms with Gasteiger partial charge in [0.1, 0.15) is 5.60 Å². The van der Waals surface area contributed by atoms with Gasteiger partial charge in [0.2, 0.25) is 0 Å². The predicted octanol–water partition coefficient (Wildman–Crippen LogP) is 2.64. The molecule has 1 saturated heterocycles. The fourth-order valence-corrected chi connectivity index (χ4v) is 3.04. The molecule has 0 spiro atoms. The average molecular weight is 386 g/mol. The molecule has 0 aromatic heterocycles. The molecule has 1 N–H and O–H groups in total. The summed E-state index contributed by atoms with van der Waals surface area (Å²) in [5, 5.41) is 2.81. The molecule has 0 aromatic rings. The molecule has 0 atom stereocenters. The van der Waals surface area contributed by atoms with Crippen molar-refractivity contribution in [3.63, 3.8) is 0 Å². The second-order valence-corrected chi connectivity index (χ2v) is 8.08. The van der Waals surface area contributed by atoms with Gasteiger partial charge in [0.25, 0.3) is 0 Å².